The molecule has 0 fully saturated rings. The molecule has 3 aromatic rings. The zero-order valence-electron chi connectivity index (χ0n) is 15.5. The SMILES string of the molecule is COc1cc(=O)n(-c2ccc(C)cc2)nc1C(=O)NCc1ccc(C)cc1. The number of methoxy groups -OCH3 is 1. The average molecular weight is 363 g/mol. The maximum Gasteiger partial charge on any atom is 0.275 e. The van der Waals surface area contributed by atoms with Crippen molar-refractivity contribution < 1.29 is 9.53 Å². The summed E-state index contributed by atoms with van der Waals surface area (Å²) < 4.78 is 6.39. The van der Waals surface area contributed by atoms with E-state index in [1.807, 2.05) is 50.2 Å². The summed E-state index contributed by atoms with van der Waals surface area (Å²) >= 11 is 0. The van der Waals surface area contributed by atoms with E-state index in [1.54, 1.807) is 12.1 Å². The fourth-order valence-corrected chi connectivity index (χ4v) is 2.60. The summed E-state index contributed by atoms with van der Waals surface area (Å²) in [7, 11) is 1.41. The first-order valence-electron chi connectivity index (χ1n) is 8.57. The Kier molecular flexibility index (Phi) is 5.35. The molecular formula is C21H21N3O3. The Balaban J connectivity index is 1.89. The third-order valence-corrected chi connectivity index (χ3v) is 4.18. The summed E-state index contributed by atoms with van der Waals surface area (Å²) in [6.07, 6.45) is 0. The lowest BCUT2D eigenvalue weighted by Crippen LogP contribution is -2.29. The molecule has 2 aromatic carbocycles. The van der Waals surface area contributed by atoms with Crippen LogP contribution in [-0.4, -0.2) is 22.8 Å². The molecular weight excluding hydrogens is 342 g/mol. The molecule has 0 aliphatic rings. The van der Waals surface area contributed by atoms with Crippen molar-refractivity contribution in [2.45, 2.75) is 20.4 Å². The molecule has 0 saturated heterocycles. The van der Waals surface area contributed by atoms with Gasteiger partial charge in [-0.25, -0.2) is 0 Å². The summed E-state index contributed by atoms with van der Waals surface area (Å²) in [6, 6.07) is 16.5. The molecule has 138 valence electrons. The highest BCUT2D eigenvalue weighted by Crippen LogP contribution is 2.15. The van der Waals surface area contributed by atoms with Gasteiger partial charge in [0.15, 0.2) is 11.4 Å². The Hall–Kier alpha value is -3.41. The van der Waals surface area contributed by atoms with Gasteiger partial charge in [-0.05, 0) is 31.5 Å². The molecule has 1 N–H and O–H groups in total. The Labute approximate surface area is 157 Å². The van der Waals surface area contributed by atoms with Crippen LogP contribution in [-0.2, 0) is 6.54 Å². The number of aromatic nitrogens is 2. The normalized spacial score (nSPS) is 10.5. The zero-order chi connectivity index (χ0) is 19.4. The predicted octanol–water partition coefficient (Wildman–Crippen LogP) is 2.79. The lowest BCUT2D eigenvalue weighted by atomic mass is 10.1. The number of nitrogens with one attached hydrogen (secondary N) is 1. The van der Waals surface area contributed by atoms with Crippen LogP contribution >= 0.6 is 0 Å². The number of carbonyl (C=O) groups excluding carboxylic acids is 1. The molecule has 3 rings (SSSR count). The van der Waals surface area contributed by atoms with Gasteiger partial charge in [-0.1, -0.05) is 47.5 Å². The topological polar surface area (TPSA) is 73.2 Å². The fourth-order valence-electron chi connectivity index (χ4n) is 2.60. The van der Waals surface area contributed by atoms with Crippen LogP contribution in [0.2, 0.25) is 0 Å². The van der Waals surface area contributed by atoms with Gasteiger partial charge < -0.3 is 10.1 Å². The van der Waals surface area contributed by atoms with E-state index >= 15 is 0 Å². The van der Waals surface area contributed by atoms with Gasteiger partial charge in [-0.2, -0.15) is 9.78 Å². The van der Waals surface area contributed by atoms with Gasteiger partial charge in [0.25, 0.3) is 11.5 Å². The fraction of sp³-hybridized carbons (Fsp3) is 0.190. The van der Waals surface area contributed by atoms with E-state index in [-0.39, 0.29) is 17.0 Å². The summed E-state index contributed by atoms with van der Waals surface area (Å²) in [5.41, 5.74) is 3.46. The number of aryl methyl sites for hydroxylation is 2. The summed E-state index contributed by atoms with van der Waals surface area (Å²) in [5.74, 6) is -0.266. The van der Waals surface area contributed by atoms with Crippen LogP contribution < -0.4 is 15.6 Å². The third kappa shape index (κ3) is 4.23. The molecule has 6 nitrogen and oxygen atoms in total. The first kappa shape index (κ1) is 18.4. The second-order valence-electron chi connectivity index (χ2n) is 6.32. The molecule has 0 saturated carbocycles. The molecule has 27 heavy (non-hydrogen) atoms. The number of hydrogen-bond donors (Lipinski definition) is 1. The molecule has 0 spiro atoms. The largest absolute Gasteiger partial charge is 0.494 e. The van der Waals surface area contributed by atoms with Gasteiger partial charge in [0, 0.05) is 6.54 Å². The van der Waals surface area contributed by atoms with Gasteiger partial charge in [-0.3, -0.25) is 9.59 Å². The van der Waals surface area contributed by atoms with Gasteiger partial charge in [0.2, 0.25) is 0 Å². The van der Waals surface area contributed by atoms with Crippen LogP contribution in [0.4, 0.5) is 0 Å². The highest BCUT2D eigenvalue weighted by atomic mass is 16.5. The minimum absolute atomic E-state index is 0.0600. The quantitative estimate of drug-likeness (QED) is 0.756. The van der Waals surface area contributed by atoms with Gasteiger partial charge >= 0.3 is 0 Å². The predicted molar refractivity (Wildman–Crippen MR) is 103 cm³/mol. The highest BCUT2D eigenvalue weighted by molar-refractivity contribution is 5.94. The Morgan fingerprint density at radius 3 is 2.22 bits per heavy atom. The van der Waals surface area contributed by atoms with E-state index in [0.29, 0.717) is 12.2 Å². The van der Waals surface area contributed by atoms with Crippen LogP contribution in [0, 0.1) is 13.8 Å². The van der Waals surface area contributed by atoms with Crippen LogP contribution in [0.5, 0.6) is 5.75 Å². The first-order valence-corrected chi connectivity index (χ1v) is 8.57. The van der Waals surface area contributed by atoms with Crippen molar-refractivity contribution >= 4 is 5.91 Å². The van der Waals surface area contributed by atoms with Crippen LogP contribution in [0.1, 0.15) is 27.2 Å². The smallest absolute Gasteiger partial charge is 0.275 e. The second kappa shape index (κ2) is 7.86. The molecule has 6 heteroatoms. The van der Waals surface area contributed by atoms with Crippen molar-refractivity contribution in [2.75, 3.05) is 7.11 Å². The average Bonchev–Trinajstić information content (AvgIpc) is 2.68. The number of nitrogens with zero attached hydrogens (tertiary/aromatic N) is 2. The molecule has 0 radical (unpaired) electrons. The monoisotopic (exact) mass is 363 g/mol. The van der Waals surface area contributed by atoms with Crippen LogP contribution in [0.25, 0.3) is 5.69 Å². The Bertz CT molecular complexity index is 1010. The van der Waals surface area contributed by atoms with Crippen molar-refractivity contribution in [1.29, 1.82) is 0 Å². The summed E-state index contributed by atoms with van der Waals surface area (Å²) in [4.78, 5) is 25.0. The maximum atomic E-state index is 12.6. The third-order valence-electron chi connectivity index (χ3n) is 4.18. The van der Waals surface area contributed by atoms with E-state index in [9.17, 15) is 9.59 Å². The van der Waals surface area contributed by atoms with Crippen molar-refractivity contribution in [3.8, 4) is 11.4 Å². The van der Waals surface area contributed by atoms with Crippen molar-refractivity contribution in [1.82, 2.24) is 15.1 Å². The number of rotatable bonds is 5. The van der Waals surface area contributed by atoms with Crippen molar-refractivity contribution in [2.24, 2.45) is 0 Å². The maximum absolute atomic E-state index is 12.6. The highest BCUT2D eigenvalue weighted by Gasteiger charge is 2.17. The van der Waals surface area contributed by atoms with Crippen molar-refractivity contribution in [3.05, 3.63) is 87.3 Å². The summed E-state index contributed by atoms with van der Waals surface area (Å²) in [6.45, 7) is 4.32. The number of carbonyl (C=O) groups is 1. The number of hydrogen-bond acceptors (Lipinski definition) is 4. The molecule has 1 aromatic heterocycles. The number of benzene rings is 2. The van der Waals surface area contributed by atoms with Crippen LogP contribution in [0.15, 0.2) is 59.4 Å². The Morgan fingerprint density at radius 1 is 1.04 bits per heavy atom. The standard InChI is InChI=1S/C21H21N3O3/c1-14-4-8-16(9-5-14)13-22-21(26)20-18(27-3)12-19(25)24(23-20)17-10-6-15(2)7-11-17/h4-12H,13H2,1-3H3,(H,22,26). The zero-order valence-corrected chi connectivity index (χ0v) is 15.5. The minimum atomic E-state index is -0.409. The molecule has 0 unspecified atom stereocenters. The molecule has 1 heterocycles. The lowest BCUT2D eigenvalue weighted by Gasteiger charge is -2.12. The van der Waals surface area contributed by atoms with E-state index in [1.165, 1.54) is 17.9 Å². The Morgan fingerprint density at radius 2 is 1.63 bits per heavy atom. The van der Waals surface area contributed by atoms with Gasteiger partial charge in [-0.15, -0.1) is 0 Å². The molecule has 0 aliphatic heterocycles. The van der Waals surface area contributed by atoms with E-state index in [4.69, 9.17) is 4.74 Å². The van der Waals surface area contributed by atoms with Gasteiger partial charge in [0.1, 0.15) is 0 Å². The van der Waals surface area contributed by atoms with Crippen LogP contribution in [0.3, 0.4) is 0 Å². The van der Waals surface area contributed by atoms with E-state index < -0.39 is 5.91 Å². The molecule has 0 atom stereocenters. The number of amides is 1. The van der Waals surface area contributed by atoms with E-state index in [2.05, 4.69) is 10.4 Å². The summed E-state index contributed by atoms with van der Waals surface area (Å²) in [5, 5.41) is 7.06. The van der Waals surface area contributed by atoms with Crippen molar-refractivity contribution in [3.63, 3.8) is 0 Å². The first-order chi connectivity index (χ1) is 13.0. The van der Waals surface area contributed by atoms with E-state index in [0.717, 1.165) is 16.7 Å². The van der Waals surface area contributed by atoms with Gasteiger partial charge in [0.05, 0.1) is 18.9 Å². The molecule has 1 amide bonds. The molecule has 0 aliphatic carbocycles. The molecule has 0 bridgehead atoms. The number of ether oxygens (including phenoxy) is 1. The lowest BCUT2D eigenvalue weighted by molar-refractivity contribution is 0.0940. The second-order valence-corrected chi connectivity index (χ2v) is 6.32. The minimum Gasteiger partial charge on any atom is -0.494 e.